The Morgan fingerprint density at radius 1 is 1.36 bits per heavy atom. The van der Waals surface area contributed by atoms with Gasteiger partial charge in [0.2, 0.25) is 5.91 Å². The van der Waals surface area contributed by atoms with Gasteiger partial charge in [-0.15, -0.1) is 5.10 Å². The second-order valence-corrected chi connectivity index (χ2v) is 6.55. The van der Waals surface area contributed by atoms with Crippen molar-refractivity contribution in [2.45, 2.75) is 19.8 Å². The summed E-state index contributed by atoms with van der Waals surface area (Å²) in [6.07, 6.45) is 1.69. The van der Waals surface area contributed by atoms with Crippen molar-refractivity contribution in [2.75, 3.05) is 23.3 Å². The quantitative estimate of drug-likeness (QED) is 0.914. The summed E-state index contributed by atoms with van der Waals surface area (Å²) in [6, 6.07) is 10.7. The normalized spacial score (nSPS) is 17.0. The van der Waals surface area contributed by atoms with Crippen molar-refractivity contribution in [3.05, 3.63) is 46.6 Å². The highest BCUT2D eigenvalue weighted by atomic mass is 35.5. The Hall–Kier alpha value is -2.65. The smallest absolute Gasteiger partial charge is 0.229 e. The van der Waals surface area contributed by atoms with E-state index in [1.807, 2.05) is 19.1 Å². The molecular formula is C18H18ClN5O. The molecule has 1 amide bonds. The monoisotopic (exact) mass is 355 g/mol. The lowest BCUT2D eigenvalue weighted by molar-refractivity contribution is -0.120. The molecule has 1 aromatic carbocycles. The maximum absolute atomic E-state index is 12.7. The van der Waals surface area contributed by atoms with E-state index in [1.54, 1.807) is 18.2 Å². The lowest BCUT2D eigenvalue weighted by Crippen LogP contribution is -2.41. The molecule has 1 aliphatic heterocycles. The van der Waals surface area contributed by atoms with E-state index in [0.29, 0.717) is 22.8 Å². The van der Waals surface area contributed by atoms with Crippen LogP contribution in [0, 0.1) is 24.2 Å². The number of piperidine rings is 1. The predicted molar refractivity (Wildman–Crippen MR) is 96.5 cm³/mol. The molecule has 7 heteroatoms. The molecule has 0 spiro atoms. The summed E-state index contributed by atoms with van der Waals surface area (Å²) in [6.45, 7) is 3.31. The average Bonchev–Trinajstić information content (AvgIpc) is 2.62. The number of nitrogens with one attached hydrogen (secondary N) is 1. The summed E-state index contributed by atoms with van der Waals surface area (Å²) in [5.74, 6) is 0.495. The first-order valence-electron chi connectivity index (χ1n) is 8.12. The van der Waals surface area contributed by atoms with Crippen LogP contribution in [0.25, 0.3) is 0 Å². The van der Waals surface area contributed by atoms with Crippen LogP contribution in [0.3, 0.4) is 0 Å². The Balaban J connectivity index is 1.71. The van der Waals surface area contributed by atoms with E-state index in [2.05, 4.69) is 26.5 Å². The summed E-state index contributed by atoms with van der Waals surface area (Å²) in [5, 5.41) is 20.8. The van der Waals surface area contributed by atoms with Crippen LogP contribution in [0.1, 0.15) is 24.1 Å². The van der Waals surface area contributed by atoms with Gasteiger partial charge in [-0.3, -0.25) is 4.79 Å². The second kappa shape index (κ2) is 7.49. The summed E-state index contributed by atoms with van der Waals surface area (Å²) in [5.41, 5.74) is 1.71. The number of anilines is 2. The van der Waals surface area contributed by atoms with Crippen LogP contribution in [0.15, 0.2) is 30.3 Å². The van der Waals surface area contributed by atoms with Gasteiger partial charge >= 0.3 is 0 Å². The molecule has 0 saturated carbocycles. The van der Waals surface area contributed by atoms with Gasteiger partial charge in [-0.25, -0.2) is 0 Å². The molecule has 25 heavy (non-hydrogen) atoms. The molecule has 1 saturated heterocycles. The van der Waals surface area contributed by atoms with Crippen LogP contribution in [0.2, 0.25) is 5.02 Å². The third-order valence-corrected chi connectivity index (χ3v) is 4.50. The first-order valence-corrected chi connectivity index (χ1v) is 8.50. The molecule has 2 heterocycles. The van der Waals surface area contributed by atoms with Crippen molar-refractivity contribution in [1.82, 2.24) is 10.2 Å². The largest absolute Gasteiger partial charge is 0.354 e. The Labute approximate surface area is 151 Å². The van der Waals surface area contributed by atoms with E-state index in [4.69, 9.17) is 11.6 Å². The Bertz CT molecular complexity index is 815. The number of aryl methyl sites for hydroxylation is 1. The molecule has 1 N–H and O–H groups in total. The Morgan fingerprint density at radius 2 is 2.20 bits per heavy atom. The minimum absolute atomic E-state index is 0.108. The van der Waals surface area contributed by atoms with Crippen LogP contribution in [-0.2, 0) is 4.79 Å². The maximum Gasteiger partial charge on any atom is 0.229 e. The molecule has 128 valence electrons. The lowest BCUT2D eigenvalue weighted by Gasteiger charge is -2.32. The summed E-state index contributed by atoms with van der Waals surface area (Å²) >= 11 is 5.97. The zero-order valence-corrected chi connectivity index (χ0v) is 14.6. The van der Waals surface area contributed by atoms with Gasteiger partial charge in [0.05, 0.1) is 22.9 Å². The Morgan fingerprint density at radius 3 is 2.92 bits per heavy atom. The number of carbonyl (C=O) groups excluding carboxylic acids is 1. The molecule has 2 aromatic rings. The topological polar surface area (TPSA) is 81.9 Å². The number of hydrogen-bond acceptors (Lipinski definition) is 5. The lowest BCUT2D eigenvalue weighted by atomic mass is 9.97. The van der Waals surface area contributed by atoms with Gasteiger partial charge in [0, 0.05) is 18.1 Å². The van der Waals surface area contributed by atoms with Gasteiger partial charge in [-0.1, -0.05) is 11.6 Å². The molecule has 1 aromatic heterocycles. The standard InChI is InChI=1S/C18H18ClN5O/c1-12-4-7-17(23-22-12)24-8-2-3-14(11-24)18(25)21-16-9-15(19)6-5-13(16)10-20/h4-7,9,14H,2-3,8,11H2,1H3,(H,21,25). The molecule has 1 fully saturated rings. The van der Waals surface area contributed by atoms with Crippen LogP contribution >= 0.6 is 11.6 Å². The number of amides is 1. The van der Waals surface area contributed by atoms with E-state index in [9.17, 15) is 10.1 Å². The second-order valence-electron chi connectivity index (χ2n) is 6.11. The van der Waals surface area contributed by atoms with E-state index in [1.165, 1.54) is 0 Å². The summed E-state index contributed by atoms with van der Waals surface area (Å²) in [4.78, 5) is 14.7. The molecule has 3 rings (SSSR count). The maximum atomic E-state index is 12.7. The SMILES string of the molecule is Cc1ccc(N2CCCC(C(=O)Nc3cc(Cl)ccc3C#N)C2)nn1. The van der Waals surface area contributed by atoms with Gasteiger partial charge in [0.25, 0.3) is 0 Å². The van der Waals surface area contributed by atoms with E-state index >= 15 is 0 Å². The zero-order valence-electron chi connectivity index (χ0n) is 13.9. The molecule has 6 nitrogen and oxygen atoms in total. The third kappa shape index (κ3) is 4.06. The zero-order chi connectivity index (χ0) is 17.8. The fourth-order valence-electron chi connectivity index (χ4n) is 2.91. The van der Waals surface area contributed by atoms with E-state index in [-0.39, 0.29) is 11.8 Å². The minimum atomic E-state index is -0.178. The molecular weight excluding hydrogens is 338 g/mol. The van der Waals surface area contributed by atoms with Crippen molar-refractivity contribution >= 4 is 29.0 Å². The fraction of sp³-hybridized carbons (Fsp3) is 0.333. The molecule has 1 atom stereocenters. The van der Waals surface area contributed by atoms with Crippen molar-refractivity contribution in [3.63, 3.8) is 0 Å². The van der Waals surface area contributed by atoms with Crippen LogP contribution in [0.4, 0.5) is 11.5 Å². The number of nitrogens with zero attached hydrogens (tertiary/aromatic N) is 4. The fourth-order valence-corrected chi connectivity index (χ4v) is 3.08. The Kier molecular flexibility index (Phi) is 5.15. The molecule has 0 aliphatic carbocycles. The van der Waals surface area contributed by atoms with Crippen LogP contribution in [0.5, 0.6) is 0 Å². The van der Waals surface area contributed by atoms with Crippen molar-refractivity contribution < 1.29 is 4.79 Å². The number of hydrogen-bond donors (Lipinski definition) is 1. The number of rotatable bonds is 3. The number of benzene rings is 1. The van der Waals surface area contributed by atoms with E-state index in [0.717, 1.165) is 30.9 Å². The number of nitriles is 1. The summed E-state index contributed by atoms with van der Waals surface area (Å²) < 4.78 is 0. The van der Waals surface area contributed by atoms with Crippen LogP contribution in [-0.4, -0.2) is 29.2 Å². The van der Waals surface area contributed by atoms with Crippen molar-refractivity contribution in [2.24, 2.45) is 5.92 Å². The van der Waals surface area contributed by atoms with E-state index < -0.39 is 0 Å². The van der Waals surface area contributed by atoms with Gasteiger partial charge in [0.15, 0.2) is 5.82 Å². The third-order valence-electron chi connectivity index (χ3n) is 4.26. The molecule has 1 unspecified atom stereocenters. The minimum Gasteiger partial charge on any atom is -0.354 e. The van der Waals surface area contributed by atoms with Crippen LogP contribution < -0.4 is 10.2 Å². The van der Waals surface area contributed by atoms with Crippen molar-refractivity contribution in [3.8, 4) is 6.07 Å². The van der Waals surface area contributed by atoms with Crippen molar-refractivity contribution in [1.29, 1.82) is 5.26 Å². The van der Waals surface area contributed by atoms with Gasteiger partial charge in [-0.05, 0) is 50.1 Å². The first kappa shape index (κ1) is 17.2. The summed E-state index contributed by atoms with van der Waals surface area (Å²) in [7, 11) is 0. The molecule has 0 bridgehead atoms. The highest BCUT2D eigenvalue weighted by molar-refractivity contribution is 6.31. The van der Waals surface area contributed by atoms with Gasteiger partial charge in [-0.2, -0.15) is 10.4 Å². The highest BCUT2D eigenvalue weighted by Crippen LogP contribution is 2.25. The first-order chi connectivity index (χ1) is 12.1. The predicted octanol–water partition coefficient (Wildman–Crippen LogP) is 3.17. The number of aromatic nitrogens is 2. The van der Waals surface area contributed by atoms with Gasteiger partial charge in [0.1, 0.15) is 6.07 Å². The average molecular weight is 356 g/mol. The molecule has 1 aliphatic rings. The number of carbonyl (C=O) groups is 1. The molecule has 0 radical (unpaired) electrons. The highest BCUT2D eigenvalue weighted by Gasteiger charge is 2.27. The number of halogens is 1. The van der Waals surface area contributed by atoms with Gasteiger partial charge < -0.3 is 10.2 Å².